The monoisotopic (exact) mass is 241 g/mol. The van der Waals surface area contributed by atoms with Gasteiger partial charge in [-0.05, 0) is 13.8 Å². The van der Waals surface area contributed by atoms with Gasteiger partial charge in [0.1, 0.15) is 12.2 Å². The molecular weight excluding hydrogens is 226 g/mol. The molecule has 1 aromatic rings. The van der Waals surface area contributed by atoms with Gasteiger partial charge >= 0.3 is 11.9 Å². The molecule has 94 valence electrons. The van der Waals surface area contributed by atoms with E-state index in [-0.39, 0.29) is 13.0 Å². The molecule has 0 aliphatic carbocycles. The van der Waals surface area contributed by atoms with Crippen LogP contribution in [0.3, 0.4) is 0 Å². The molecule has 1 atom stereocenters. The maximum Gasteiger partial charge on any atom is 0.320 e. The molecule has 0 amide bonds. The summed E-state index contributed by atoms with van der Waals surface area (Å²) in [4.78, 5) is 26.4. The Hall–Kier alpha value is -1.92. The SMILES string of the molecule is CCOC(=O)C(Cc1ncnn1CC)C(=O)O. The normalized spacial score (nSPS) is 12.1. The van der Waals surface area contributed by atoms with E-state index in [1.165, 1.54) is 6.33 Å². The molecule has 1 aromatic heterocycles. The number of hydrogen-bond acceptors (Lipinski definition) is 5. The molecule has 0 spiro atoms. The lowest BCUT2D eigenvalue weighted by Crippen LogP contribution is -2.29. The largest absolute Gasteiger partial charge is 0.481 e. The first-order chi connectivity index (χ1) is 8.10. The Balaban J connectivity index is 2.80. The Kier molecular flexibility index (Phi) is 4.62. The molecule has 7 heteroatoms. The number of esters is 1. The zero-order chi connectivity index (χ0) is 12.8. The molecule has 7 nitrogen and oxygen atoms in total. The highest BCUT2D eigenvalue weighted by atomic mass is 16.5. The summed E-state index contributed by atoms with van der Waals surface area (Å²) in [6.45, 7) is 4.22. The van der Waals surface area contributed by atoms with Crippen LogP contribution < -0.4 is 0 Å². The molecule has 0 radical (unpaired) electrons. The summed E-state index contributed by atoms with van der Waals surface area (Å²) in [6.07, 6.45) is 1.32. The molecule has 0 aliphatic rings. The molecule has 1 unspecified atom stereocenters. The van der Waals surface area contributed by atoms with Gasteiger partial charge in [0, 0.05) is 13.0 Å². The second kappa shape index (κ2) is 5.97. The zero-order valence-electron chi connectivity index (χ0n) is 9.79. The molecule has 0 aromatic carbocycles. The van der Waals surface area contributed by atoms with Gasteiger partial charge < -0.3 is 9.84 Å². The average Bonchev–Trinajstić information content (AvgIpc) is 2.72. The number of carbonyl (C=O) groups excluding carboxylic acids is 1. The highest BCUT2D eigenvalue weighted by molar-refractivity contribution is 5.94. The first kappa shape index (κ1) is 13.1. The van der Waals surface area contributed by atoms with Gasteiger partial charge in [-0.25, -0.2) is 4.98 Å². The van der Waals surface area contributed by atoms with E-state index in [4.69, 9.17) is 9.84 Å². The Morgan fingerprint density at radius 1 is 1.53 bits per heavy atom. The molecule has 1 heterocycles. The summed E-state index contributed by atoms with van der Waals surface area (Å²) in [5.74, 6) is -2.72. The fraction of sp³-hybridized carbons (Fsp3) is 0.600. The van der Waals surface area contributed by atoms with Gasteiger partial charge in [0.25, 0.3) is 0 Å². The molecule has 0 aliphatic heterocycles. The predicted octanol–water partition coefficient (Wildman–Crippen LogP) is 0.104. The smallest absolute Gasteiger partial charge is 0.320 e. The molecule has 0 bridgehead atoms. The molecule has 0 saturated heterocycles. The predicted molar refractivity (Wildman–Crippen MR) is 57.2 cm³/mol. The van der Waals surface area contributed by atoms with Gasteiger partial charge in [0.05, 0.1) is 6.61 Å². The van der Waals surface area contributed by atoms with Crippen LogP contribution in [0, 0.1) is 5.92 Å². The fourth-order valence-electron chi connectivity index (χ4n) is 1.41. The Morgan fingerprint density at radius 3 is 2.76 bits per heavy atom. The van der Waals surface area contributed by atoms with E-state index in [1.54, 1.807) is 11.6 Å². The van der Waals surface area contributed by atoms with Gasteiger partial charge in [-0.15, -0.1) is 0 Å². The van der Waals surface area contributed by atoms with Crippen molar-refractivity contribution in [2.24, 2.45) is 5.92 Å². The highest BCUT2D eigenvalue weighted by Gasteiger charge is 2.29. The number of rotatable bonds is 6. The summed E-state index contributed by atoms with van der Waals surface area (Å²) in [7, 11) is 0. The van der Waals surface area contributed by atoms with Crippen molar-refractivity contribution in [2.75, 3.05) is 6.61 Å². The summed E-state index contributed by atoms with van der Waals surface area (Å²) < 4.78 is 6.26. The highest BCUT2D eigenvalue weighted by Crippen LogP contribution is 2.09. The van der Waals surface area contributed by atoms with Crippen LogP contribution in [0.25, 0.3) is 0 Å². The van der Waals surface area contributed by atoms with Crippen LogP contribution in [0.2, 0.25) is 0 Å². The minimum Gasteiger partial charge on any atom is -0.481 e. The van der Waals surface area contributed by atoms with Crippen molar-refractivity contribution >= 4 is 11.9 Å². The third-order valence-corrected chi connectivity index (χ3v) is 2.25. The van der Waals surface area contributed by atoms with Crippen LogP contribution in [0.5, 0.6) is 0 Å². The lowest BCUT2D eigenvalue weighted by atomic mass is 10.1. The van der Waals surface area contributed by atoms with E-state index in [1.807, 2.05) is 6.92 Å². The number of nitrogens with zero attached hydrogens (tertiary/aromatic N) is 3. The summed E-state index contributed by atoms with van der Waals surface area (Å²) >= 11 is 0. The van der Waals surface area contributed by atoms with Gasteiger partial charge in [-0.1, -0.05) is 0 Å². The minimum atomic E-state index is -1.23. The van der Waals surface area contributed by atoms with Crippen molar-refractivity contribution in [3.63, 3.8) is 0 Å². The lowest BCUT2D eigenvalue weighted by molar-refractivity contribution is -0.158. The van der Waals surface area contributed by atoms with E-state index in [0.717, 1.165) is 0 Å². The average molecular weight is 241 g/mol. The first-order valence-electron chi connectivity index (χ1n) is 5.36. The number of carboxylic acids is 1. The first-order valence-corrected chi connectivity index (χ1v) is 5.36. The third-order valence-electron chi connectivity index (χ3n) is 2.25. The maximum atomic E-state index is 11.5. The van der Waals surface area contributed by atoms with E-state index in [9.17, 15) is 9.59 Å². The Labute approximate surface area is 98.4 Å². The van der Waals surface area contributed by atoms with Crippen molar-refractivity contribution < 1.29 is 19.4 Å². The van der Waals surface area contributed by atoms with E-state index in [0.29, 0.717) is 12.4 Å². The van der Waals surface area contributed by atoms with E-state index in [2.05, 4.69) is 10.1 Å². The van der Waals surface area contributed by atoms with Gasteiger partial charge in [0.15, 0.2) is 5.92 Å². The molecular formula is C10H15N3O4. The van der Waals surface area contributed by atoms with Crippen molar-refractivity contribution in [3.8, 4) is 0 Å². The maximum absolute atomic E-state index is 11.5. The number of hydrogen-bond donors (Lipinski definition) is 1. The molecule has 17 heavy (non-hydrogen) atoms. The van der Waals surface area contributed by atoms with E-state index >= 15 is 0 Å². The van der Waals surface area contributed by atoms with Crippen molar-refractivity contribution in [2.45, 2.75) is 26.8 Å². The quantitative estimate of drug-likeness (QED) is 0.561. The number of carbonyl (C=O) groups is 2. The third kappa shape index (κ3) is 3.27. The van der Waals surface area contributed by atoms with Crippen LogP contribution in [0.15, 0.2) is 6.33 Å². The second-order valence-corrected chi connectivity index (χ2v) is 3.34. The molecule has 0 fully saturated rings. The van der Waals surface area contributed by atoms with Crippen LogP contribution in [-0.2, 0) is 27.3 Å². The van der Waals surface area contributed by atoms with Crippen LogP contribution in [-0.4, -0.2) is 38.4 Å². The second-order valence-electron chi connectivity index (χ2n) is 3.34. The lowest BCUT2D eigenvalue weighted by Gasteiger charge is -2.10. The number of ether oxygens (including phenoxy) is 1. The van der Waals surface area contributed by atoms with Crippen molar-refractivity contribution in [3.05, 3.63) is 12.2 Å². The molecule has 0 saturated carbocycles. The number of aryl methyl sites for hydroxylation is 1. The minimum absolute atomic E-state index is 0.0119. The summed E-state index contributed by atoms with van der Waals surface area (Å²) in [5, 5.41) is 12.9. The van der Waals surface area contributed by atoms with Gasteiger partial charge in [0.2, 0.25) is 0 Å². The Bertz CT molecular complexity index is 402. The van der Waals surface area contributed by atoms with Gasteiger partial charge in [-0.2, -0.15) is 5.10 Å². The number of carboxylic acid groups (broad SMARTS) is 1. The van der Waals surface area contributed by atoms with Crippen LogP contribution in [0.4, 0.5) is 0 Å². The van der Waals surface area contributed by atoms with E-state index < -0.39 is 17.9 Å². The number of aliphatic carboxylic acids is 1. The molecule has 1 N–H and O–H groups in total. The number of aromatic nitrogens is 3. The Morgan fingerprint density at radius 2 is 2.24 bits per heavy atom. The standard InChI is InChI=1S/C10H15N3O4/c1-3-13-8(11-6-12-13)5-7(9(14)15)10(16)17-4-2/h6-7H,3-5H2,1-2H3,(H,14,15). The van der Waals surface area contributed by atoms with Crippen LogP contribution in [0.1, 0.15) is 19.7 Å². The summed E-state index contributed by atoms with van der Waals surface area (Å²) in [5.41, 5.74) is 0. The van der Waals surface area contributed by atoms with Crippen molar-refractivity contribution in [1.82, 2.24) is 14.8 Å². The molecule has 1 rings (SSSR count). The zero-order valence-corrected chi connectivity index (χ0v) is 9.79. The fourth-order valence-corrected chi connectivity index (χ4v) is 1.41. The summed E-state index contributed by atoms with van der Waals surface area (Å²) in [6, 6.07) is 0. The van der Waals surface area contributed by atoms with Crippen molar-refractivity contribution in [1.29, 1.82) is 0 Å². The van der Waals surface area contributed by atoms with Gasteiger partial charge in [-0.3, -0.25) is 14.3 Å². The van der Waals surface area contributed by atoms with Crippen LogP contribution >= 0.6 is 0 Å². The topological polar surface area (TPSA) is 94.3 Å².